The number of nitrogens with one attached hydrogen (secondary N) is 1. The molecule has 0 amide bonds. The maximum atomic E-state index is 5.57. The summed E-state index contributed by atoms with van der Waals surface area (Å²) < 4.78 is 10.8. The lowest BCUT2D eigenvalue weighted by molar-refractivity contribution is 0.0633. The van der Waals surface area contributed by atoms with Gasteiger partial charge in [-0.3, -0.25) is 0 Å². The Kier molecular flexibility index (Phi) is 8.02. The fourth-order valence-corrected chi connectivity index (χ4v) is 1.32. The third kappa shape index (κ3) is 7.77. The summed E-state index contributed by atoms with van der Waals surface area (Å²) in [4.78, 5) is 0. The molecule has 3 atom stereocenters. The van der Waals surface area contributed by atoms with E-state index in [1.54, 1.807) is 7.11 Å². The van der Waals surface area contributed by atoms with E-state index in [1.165, 1.54) is 0 Å². The highest BCUT2D eigenvalue weighted by molar-refractivity contribution is 4.72. The molecule has 0 aromatic heterocycles. The van der Waals surface area contributed by atoms with Crippen LogP contribution >= 0.6 is 0 Å². The molecule has 0 aromatic carbocycles. The van der Waals surface area contributed by atoms with Crippen molar-refractivity contribution in [3.8, 4) is 0 Å². The molecule has 0 saturated heterocycles. The van der Waals surface area contributed by atoms with Crippen molar-refractivity contribution in [2.24, 2.45) is 5.92 Å². The summed E-state index contributed by atoms with van der Waals surface area (Å²) in [6.07, 6.45) is 0.234. The molecule has 3 unspecified atom stereocenters. The molecule has 0 saturated carbocycles. The van der Waals surface area contributed by atoms with Crippen molar-refractivity contribution in [2.75, 3.05) is 20.3 Å². The number of hydrogen-bond acceptors (Lipinski definition) is 3. The van der Waals surface area contributed by atoms with Crippen LogP contribution in [-0.2, 0) is 9.47 Å². The Hall–Kier alpha value is -0.120. The van der Waals surface area contributed by atoms with Gasteiger partial charge in [-0.1, -0.05) is 13.8 Å². The van der Waals surface area contributed by atoms with E-state index in [-0.39, 0.29) is 6.10 Å². The second kappa shape index (κ2) is 8.08. The second-order valence-corrected chi connectivity index (χ2v) is 4.73. The molecule has 0 aliphatic heterocycles. The Morgan fingerprint density at radius 2 is 1.60 bits per heavy atom. The zero-order valence-electron chi connectivity index (χ0n) is 11.0. The SMILES string of the molecule is COC(C)C(C)NC(C)COCC(C)C. The van der Waals surface area contributed by atoms with Crippen LogP contribution in [0.25, 0.3) is 0 Å². The average molecular weight is 217 g/mol. The van der Waals surface area contributed by atoms with Crippen LogP contribution in [-0.4, -0.2) is 38.5 Å². The van der Waals surface area contributed by atoms with E-state index in [1.807, 2.05) is 0 Å². The van der Waals surface area contributed by atoms with Crippen molar-refractivity contribution in [1.82, 2.24) is 5.32 Å². The molecule has 3 heteroatoms. The fourth-order valence-electron chi connectivity index (χ4n) is 1.32. The van der Waals surface area contributed by atoms with E-state index in [0.717, 1.165) is 13.2 Å². The molecule has 0 fully saturated rings. The van der Waals surface area contributed by atoms with Gasteiger partial charge >= 0.3 is 0 Å². The molecule has 0 aliphatic carbocycles. The normalized spacial score (nSPS) is 17.8. The summed E-state index contributed by atoms with van der Waals surface area (Å²) in [6.45, 7) is 12.3. The second-order valence-electron chi connectivity index (χ2n) is 4.73. The maximum Gasteiger partial charge on any atom is 0.0693 e. The Morgan fingerprint density at radius 1 is 1.00 bits per heavy atom. The monoisotopic (exact) mass is 217 g/mol. The molecular weight excluding hydrogens is 190 g/mol. The van der Waals surface area contributed by atoms with Gasteiger partial charge in [-0.15, -0.1) is 0 Å². The van der Waals surface area contributed by atoms with Crippen LogP contribution in [0.5, 0.6) is 0 Å². The van der Waals surface area contributed by atoms with Crippen LogP contribution in [0.15, 0.2) is 0 Å². The van der Waals surface area contributed by atoms with Gasteiger partial charge in [0, 0.05) is 25.8 Å². The number of methoxy groups -OCH3 is 1. The van der Waals surface area contributed by atoms with Crippen molar-refractivity contribution >= 4 is 0 Å². The lowest BCUT2D eigenvalue weighted by atomic mass is 10.2. The molecule has 0 radical (unpaired) electrons. The van der Waals surface area contributed by atoms with Crippen LogP contribution < -0.4 is 5.32 Å². The largest absolute Gasteiger partial charge is 0.380 e. The van der Waals surface area contributed by atoms with Crippen LogP contribution in [0.4, 0.5) is 0 Å². The number of rotatable bonds is 8. The summed E-state index contributed by atoms with van der Waals surface area (Å²) in [5.74, 6) is 0.604. The zero-order chi connectivity index (χ0) is 11.8. The molecule has 3 nitrogen and oxygen atoms in total. The van der Waals surface area contributed by atoms with E-state index in [9.17, 15) is 0 Å². The predicted octanol–water partition coefficient (Wildman–Crippen LogP) is 2.06. The summed E-state index contributed by atoms with van der Waals surface area (Å²) in [6, 6.07) is 0.726. The Balaban J connectivity index is 3.59. The minimum absolute atomic E-state index is 0.234. The highest BCUT2D eigenvalue weighted by atomic mass is 16.5. The first-order valence-corrected chi connectivity index (χ1v) is 5.84. The molecule has 0 aromatic rings. The molecule has 0 spiro atoms. The van der Waals surface area contributed by atoms with Crippen LogP contribution in [0.3, 0.4) is 0 Å². The van der Waals surface area contributed by atoms with E-state index < -0.39 is 0 Å². The zero-order valence-corrected chi connectivity index (χ0v) is 11.0. The lowest BCUT2D eigenvalue weighted by Crippen LogP contribution is -2.43. The van der Waals surface area contributed by atoms with Gasteiger partial charge in [0.05, 0.1) is 12.7 Å². The minimum Gasteiger partial charge on any atom is -0.380 e. The molecule has 0 bridgehead atoms. The first-order valence-electron chi connectivity index (χ1n) is 5.84. The van der Waals surface area contributed by atoms with Gasteiger partial charge < -0.3 is 14.8 Å². The topological polar surface area (TPSA) is 30.5 Å². The van der Waals surface area contributed by atoms with Crippen molar-refractivity contribution < 1.29 is 9.47 Å². The highest BCUT2D eigenvalue weighted by Crippen LogP contribution is 1.99. The lowest BCUT2D eigenvalue weighted by Gasteiger charge is -2.24. The molecule has 0 aliphatic rings. The van der Waals surface area contributed by atoms with E-state index in [0.29, 0.717) is 18.0 Å². The molecule has 92 valence electrons. The predicted molar refractivity (Wildman–Crippen MR) is 64.2 cm³/mol. The van der Waals surface area contributed by atoms with Gasteiger partial charge in [0.15, 0.2) is 0 Å². The maximum absolute atomic E-state index is 5.57. The number of ether oxygens (including phenoxy) is 2. The van der Waals surface area contributed by atoms with E-state index >= 15 is 0 Å². The van der Waals surface area contributed by atoms with Crippen LogP contribution in [0, 0.1) is 5.92 Å². The van der Waals surface area contributed by atoms with Crippen molar-refractivity contribution in [3.63, 3.8) is 0 Å². The third-order valence-corrected chi connectivity index (χ3v) is 2.44. The minimum atomic E-state index is 0.234. The number of hydrogen-bond donors (Lipinski definition) is 1. The molecule has 15 heavy (non-hydrogen) atoms. The van der Waals surface area contributed by atoms with Crippen molar-refractivity contribution in [2.45, 2.75) is 52.8 Å². The molecule has 1 N–H and O–H groups in total. The average Bonchev–Trinajstić information content (AvgIpc) is 2.15. The van der Waals surface area contributed by atoms with E-state index in [4.69, 9.17) is 9.47 Å². The van der Waals surface area contributed by atoms with Gasteiger partial charge in [-0.25, -0.2) is 0 Å². The van der Waals surface area contributed by atoms with Crippen LogP contribution in [0.2, 0.25) is 0 Å². The van der Waals surface area contributed by atoms with Gasteiger partial charge in [0.1, 0.15) is 0 Å². The standard InChI is InChI=1S/C12H27NO2/c1-9(2)7-15-8-10(3)13-11(4)12(5)14-6/h9-13H,7-8H2,1-6H3. The fraction of sp³-hybridized carbons (Fsp3) is 1.00. The third-order valence-electron chi connectivity index (χ3n) is 2.44. The summed E-state index contributed by atoms with van der Waals surface area (Å²) >= 11 is 0. The molecule has 0 rings (SSSR count). The summed E-state index contributed by atoms with van der Waals surface area (Å²) in [7, 11) is 1.74. The Morgan fingerprint density at radius 3 is 2.07 bits per heavy atom. The highest BCUT2D eigenvalue weighted by Gasteiger charge is 2.13. The Bertz CT molecular complexity index is 151. The van der Waals surface area contributed by atoms with Crippen molar-refractivity contribution in [1.29, 1.82) is 0 Å². The van der Waals surface area contributed by atoms with E-state index in [2.05, 4.69) is 39.9 Å². The quantitative estimate of drug-likeness (QED) is 0.675. The molecule has 0 heterocycles. The Labute approximate surface area is 94.5 Å². The van der Waals surface area contributed by atoms with Crippen LogP contribution in [0.1, 0.15) is 34.6 Å². The summed E-state index contributed by atoms with van der Waals surface area (Å²) in [5.41, 5.74) is 0. The van der Waals surface area contributed by atoms with Gasteiger partial charge in [-0.2, -0.15) is 0 Å². The van der Waals surface area contributed by atoms with Gasteiger partial charge in [0.25, 0.3) is 0 Å². The smallest absolute Gasteiger partial charge is 0.0693 e. The first kappa shape index (κ1) is 14.9. The van der Waals surface area contributed by atoms with Gasteiger partial charge in [-0.05, 0) is 26.7 Å². The van der Waals surface area contributed by atoms with Gasteiger partial charge in [0.2, 0.25) is 0 Å². The summed E-state index contributed by atoms with van der Waals surface area (Å²) in [5, 5.41) is 3.45. The molecular formula is C12H27NO2. The first-order chi connectivity index (χ1) is 6.97. The van der Waals surface area contributed by atoms with Crippen molar-refractivity contribution in [3.05, 3.63) is 0 Å².